The Bertz CT molecular complexity index is 1080. The summed E-state index contributed by atoms with van der Waals surface area (Å²) in [6, 6.07) is 20.0. The van der Waals surface area contributed by atoms with Crippen molar-refractivity contribution in [3.8, 4) is 11.5 Å². The van der Waals surface area contributed by atoms with E-state index in [1.165, 1.54) is 0 Å². The molecular formula is C23H19ClN2O3. The molecule has 0 spiro atoms. The molecule has 146 valence electrons. The van der Waals surface area contributed by atoms with E-state index in [1.807, 2.05) is 49.4 Å². The van der Waals surface area contributed by atoms with E-state index >= 15 is 0 Å². The van der Waals surface area contributed by atoms with Gasteiger partial charge in [0.25, 0.3) is 0 Å². The van der Waals surface area contributed by atoms with Gasteiger partial charge in [-0.1, -0.05) is 47.5 Å². The smallest absolute Gasteiger partial charge is 0.232 e. The third kappa shape index (κ3) is 4.25. The number of fused-ring (bicyclic) bond motifs is 1. The van der Waals surface area contributed by atoms with Gasteiger partial charge >= 0.3 is 0 Å². The van der Waals surface area contributed by atoms with E-state index in [0.717, 1.165) is 11.1 Å². The lowest BCUT2D eigenvalue weighted by atomic mass is 9.90. The Morgan fingerprint density at radius 3 is 2.66 bits per heavy atom. The van der Waals surface area contributed by atoms with Gasteiger partial charge in [-0.2, -0.15) is 0 Å². The van der Waals surface area contributed by atoms with Crippen molar-refractivity contribution in [3.05, 3.63) is 82.9 Å². The van der Waals surface area contributed by atoms with E-state index in [1.54, 1.807) is 24.3 Å². The molecule has 1 atom stereocenters. The first-order valence-electron chi connectivity index (χ1n) is 9.23. The zero-order valence-electron chi connectivity index (χ0n) is 15.7. The van der Waals surface area contributed by atoms with Crippen LogP contribution in [-0.2, 0) is 9.59 Å². The summed E-state index contributed by atoms with van der Waals surface area (Å²) >= 11 is 6.14. The highest BCUT2D eigenvalue weighted by Gasteiger charge is 2.30. The minimum Gasteiger partial charge on any atom is -0.455 e. The van der Waals surface area contributed by atoms with Crippen LogP contribution in [0.25, 0.3) is 0 Å². The third-order valence-corrected chi connectivity index (χ3v) is 5.00. The SMILES string of the molecule is Cc1ccc(Oc2ccc(Cl)cc2NC(=O)C2CC(=O)Nc3ccccc32)cc1. The number of rotatable bonds is 4. The summed E-state index contributed by atoms with van der Waals surface area (Å²) in [5.74, 6) is 0.0523. The first-order chi connectivity index (χ1) is 14.0. The van der Waals surface area contributed by atoms with Crippen LogP contribution in [-0.4, -0.2) is 11.8 Å². The van der Waals surface area contributed by atoms with Gasteiger partial charge in [0.2, 0.25) is 11.8 Å². The molecule has 2 amide bonds. The normalized spacial score (nSPS) is 15.2. The molecular weight excluding hydrogens is 388 g/mol. The van der Waals surface area contributed by atoms with Crippen molar-refractivity contribution >= 4 is 34.8 Å². The van der Waals surface area contributed by atoms with Crippen molar-refractivity contribution in [2.75, 3.05) is 10.6 Å². The molecule has 1 unspecified atom stereocenters. The van der Waals surface area contributed by atoms with Crippen LogP contribution in [0.15, 0.2) is 66.7 Å². The van der Waals surface area contributed by atoms with E-state index in [2.05, 4.69) is 10.6 Å². The number of anilines is 2. The van der Waals surface area contributed by atoms with E-state index in [-0.39, 0.29) is 18.2 Å². The summed E-state index contributed by atoms with van der Waals surface area (Å²) in [5.41, 5.74) is 3.02. The van der Waals surface area contributed by atoms with Gasteiger partial charge in [-0.05, 0) is 48.9 Å². The minimum atomic E-state index is -0.592. The van der Waals surface area contributed by atoms with Crippen LogP contribution in [0.3, 0.4) is 0 Å². The van der Waals surface area contributed by atoms with Crippen molar-refractivity contribution < 1.29 is 14.3 Å². The molecule has 0 aliphatic carbocycles. The van der Waals surface area contributed by atoms with E-state index in [9.17, 15) is 9.59 Å². The molecule has 3 aromatic carbocycles. The average Bonchev–Trinajstić information content (AvgIpc) is 2.71. The first-order valence-corrected chi connectivity index (χ1v) is 9.61. The average molecular weight is 407 g/mol. The molecule has 5 nitrogen and oxygen atoms in total. The maximum Gasteiger partial charge on any atom is 0.232 e. The van der Waals surface area contributed by atoms with Gasteiger partial charge in [0.15, 0.2) is 5.75 Å². The summed E-state index contributed by atoms with van der Waals surface area (Å²) in [5, 5.41) is 6.16. The van der Waals surface area contributed by atoms with Crippen LogP contribution in [0.2, 0.25) is 5.02 Å². The van der Waals surface area contributed by atoms with Gasteiger partial charge in [0.1, 0.15) is 5.75 Å². The number of carbonyl (C=O) groups is 2. The van der Waals surface area contributed by atoms with E-state index < -0.39 is 5.92 Å². The predicted molar refractivity (Wildman–Crippen MR) is 114 cm³/mol. The van der Waals surface area contributed by atoms with Crippen molar-refractivity contribution in [1.82, 2.24) is 0 Å². The van der Waals surface area contributed by atoms with Crippen LogP contribution in [0.1, 0.15) is 23.5 Å². The Hall–Kier alpha value is -3.31. The molecule has 1 aliphatic heterocycles. The standard InChI is InChI=1S/C23H19ClN2O3/c1-14-6-9-16(10-7-14)29-21-11-8-15(24)12-20(21)26-23(28)18-13-22(27)25-19-5-3-2-4-17(18)19/h2-12,18H,13H2,1H3,(H,25,27)(H,26,28). The molecule has 0 radical (unpaired) electrons. The van der Waals surface area contributed by atoms with Crippen LogP contribution < -0.4 is 15.4 Å². The number of para-hydroxylation sites is 1. The first kappa shape index (κ1) is 19.0. The maximum atomic E-state index is 13.0. The lowest BCUT2D eigenvalue weighted by molar-refractivity contribution is -0.123. The fourth-order valence-electron chi connectivity index (χ4n) is 3.29. The zero-order valence-corrected chi connectivity index (χ0v) is 16.5. The number of amides is 2. The number of aryl methyl sites for hydroxylation is 1. The fraction of sp³-hybridized carbons (Fsp3) is 0.130. The second-order valence-corrected chi connectivity index (χ2v) is 7.37. The van der Waals surface area contributed by atoms with Crippen molar-refractivity contribution in [2.45, 2.75) is 19.3 Å². The second-order valence-electron chi connectivity index (χ2n) is 6.94. The van der Waals surface area contributed by atoms with Crippen molar-refractivity contribution in [1.29, 1.82) is 0 Å². The monoisotopic (exact) mass is 406 g/mol. The molecule has 3 aromatic rings. The molecule has 4 rings (SSSR count). The highest BCUT2D eigenvalue weighted by Crippen LogP contribution is 2.36. The van der Waals surface area contributed by atoms with Crippen LogP contribution in [0.4, 0.5) is 11.4 Å². The largest absolute Gasteiger partial charge is 0.455 e. The van der Waals surface area contributed by atoms with Crippen LogP contribution in [0, 0.1) is 6.92 Å². The van der Waals surface area contributed by atoms with Gasteiger partial charge in [-0.3, -0.25) is 9.59 Å². The molecule has 0 bridgehead atoms. The second kappa shape index (κ2) is 7.97. The fourth-order valence-corrected chi connectivity index (χ4v) is 3.46. The molecule has 29 heavy (non-hydrogen) atoms. The summed E-state index contributed by atoms with van der Waals surface area (Å²) in [4.78, 5) is 25.1. The number of halogens is 1. The van der Waals surface area contributed by atoms with Gasteiger partial charge in [-0.15, -0.1) is 0 Å². The topological polar surface area (TPSA) is 67.4 Å². The van der Waals surface area contributed by atoms with Crippen molar-refractivity contribution in [3.63, 3.8) is 0 Å². The lowest BCUT2D eigenvalue weighted by Gasteiger charge is -2.25. The zero-order chi connectivity index (χ0) is 20.4. The van der Waals surface area contributed by atoms with Gasteiger partial charge in [0, 0.05) is 17.1 Å². The molecule has 0 saturated carbocycles. The van der Waals surface area contributed by atoms with Crippen LogP contribution in [0.5, 0.6) is 11.5 Å². The Kier molecular flexibility index (Phi) is 5.23. The molecule has 1 heterocycles. The number of nitrogens with one attached hydrogen (secondary N) is 2. The highest BCUT2D eigenvalue weighted by atomic mass is 35.5. The summed E-state index contributed by atoms with van der Waals surface area (Å²) in [6.07, 6.45) is 0.0809. The molecule has 1 aliphatic rings. The molecule has 6 heteroatoms. The summed E-state index contributed by atoms with van der Waals surface area (Å²) < 4.78 is 5.95. The minimum absolute atomic E-state index is 0.0809. The summed E-state index contributed by atoms with van der Waals surface area (Å²) in [7, 11) is 0. The Balaban J connectivity index is 1.61. The lowest BCUT2D eigenvalue weighted by Crippen LogP contribution is -2.30. The highest BCUT2D eigenvalue weighted by molar-refractivity contribution is 6.31. The number of ether oxygens (including phenoxy) is 1. The predicted octanol–water partition coefficient (Wildman–Crippen LogP) is 5.51. The molecule has 0 aromatic heterocycles. The quantitative estimate of drug-likeness (QED) is 0.600. The Labute approximate surface area is 173 Å². The van der Waals surface area contributed by atoms with Gasteiger partial charge < -0.3 is 15.4 Å². The Morgan fingerprint density at radius 1 is 1.10 bits per heavy atom. The number of carbonyl (C=O) groups excluding carboxylic acids is 2. The molecule has 0 saturated heterocycles. The van der Waals surface area contributed by atoms with E-state index in [4.69, 9.17) is 16.3 Å². The molecule has 2 N–H and O–H groups in total. The Morgan fingerprint density at radius 2 is 1.86 bits per heavy atom. The number of hydrogen-bond acceptors (Lipinski definition) is 3. The van der Waals surface area contributed by atoms with E-state index in [0.29, 0.717) is 27.9 Å². The van der Waals surface area contributed by atoms with Gasteiger partial charge in [0.05, 0.1) is 11.6 Å². The van der Waals surface area contributed by atoms with Crippen LogP contribution >= 0.6 is 11.6 Å². The summed E-state index contributed by atoms with van der Waals surface area (Å²) in [6.45, 7) is 2.00. The number of benzene rings is 3. The molecule has 0 fully saturated rings. The number of hydrogen-bond donors (Lipinski definition) is 2. The third-order valence-electron chi connectivity index (χ3n) is 4.76. The maximum absolute atomic E-state index is 13.0. The van der Waals surface area contributed by atoms with Gasteiger partial charge in [-0.25, -0.2) is 0 Å². The van der Waals surface area contributed by atoms with Crippen molar-refractivity contribution in [2.24, 2.45) is 0 Å².